The van der Waals surface area contributed by atoms with Crippen LogP contribution in [0.15, 0.2) is 48.7 Å². The lowest BCUT2D eigenvalue weighted by molar-refractivity contribution is -0.124. The van der Waals surface area contributed by atoms with Gasteiger partial charge in [0.25, 0.3) is 5.91 Å². The number of carbonyl (C=O) groups excluding carboxylic acids is 1. The number of hydrogen-bond donors (Lipinski definition) is 2. The Labute approximate surface area is 158 Å². The fourth-order valence-electron chi connectivity index (χ4n) is 2.99. The summed E-state index contributed by atoms with van der Waals surface area (Å²) in [7, 11) is 0. The summed E-state index contributed by atoms with van der Waals surface area (Å²) in [5.74, 6) is 0.292. The van der Waals surface area contributed by atoms with Crippen molar-refractivity contribution in [2.75, 3.05) is 32.9 Å². The minimum absolute atomic E-state index is 0.517. The number of rotatable bonds is 8. The highest BCUT2D eigenvalue weighted by Crippen LogP contribution is 2.16. The summed E-state index contributed by atoms with van der Waals surface area (Å²) in [4.78, 5) is 13.5. The Morgan fingerprint density at radius 3 is 2.93 bits per heavy atom. The number of carbonyl (C=O) groups is 1. The number of hydrogen-bond acceptors (Lipinski definition) is 5. The van der Waals surface area contributed by atoms with Gasteiger partial charge in [-0.15, -0.1) is 0 Å². The average Bonchev–Trinajstić information content (AvgIpc) is 3.14. The van der Waals surface area contributed by atoms with Crippen LogP contribution in [0, 0.1) is 0 Å². The summed E-state index contributed by atoms with van der Waals surface area (Å²) < 4.78 is 13.3. The molecule has 7 heteroatoms. The molecule has 1 aliphatic rings. The number of morpholine rings is 1. The van der Waals surface area contributed by atoms with Gasteiger partial charge in [-0.1, -0.05) is 12.1 Å². The van der Waals surface area contributed by atoms with Crippen molar-refractivity contribution in [3.63, 3.8) is 0 Å². The second-order valence-corrected chi connectivity index (χ2v) is 6.32. The first kappa shape index (κ1) is 19.2. The van der Waals surface area contributed by atoms with Gasteiger partial charge in [0.2, 0.25) is 0 Å². The van der Waals surface area contributed by atoms with E-state index < -0.39 is 5.91 Å². The Balaban J connectivity index is 1.51. The largest absolute Gasteiger partial charge is 0.492 e. The minimum Gasteiger partial charge on any atom is -0.492 e. The van der Waals surface area contributed by atoms with Crippen LogP contribution in [-0.2, 0) is 22.6 Å². The van der Waals surface area contributed by atoms with E-state index in [0.29, 0.717) is 13.2 Å². The van der Waals surface area contributed by atoms with Crippen molar-refractivity contribution in [2.45, 2.75) is 13.1 Å². The van der Waals surface area contributed by atoms with Crippen LogP contribution in [0.3, 0.4) is 0 Å². The van der Waals surface area contributed by atoms with Crippen molar-refractivity contribution < 1.29 is 19.5 Å². The zero-order chi connectivity index (χ0) is 18.9. The van der Waals surface area contributed by atoms with E-state index in [1.807, 2.05) is 35.0 Å². The normalized spacial score (nSPS) is 15.1. The smallest absolute Gasteiger partial charge is 0.267 e. The zero-order valence-electron chi connectivity index (χ0n) is 15.2. The molecule has 2 heterocycles. The quantitative estimate of drug-likeness (QED) is 0.421. The summed E-state index contributed by atoms with van der Waals surface area (Å²) in [5, 5.41) is 8.54. The first-order valence-electron chi connectivity index (χ1n) is 9.04. The topological polar surface area (TPSA) is 76.0 Å². The van der Waals surface area contributed by atoms with Gasteiger partial charge in [-0.25, -0.2) is 5.48 Å². The van der Waals surface area contributed by atoms with E-state index in [0.717, 1.165) is 44.3 Å². The summed E-state index contributed by atoms with van der Waals surface area (Å²) in [6.45, 7) is 5.59. The van der Waals surface area contributed by atoms with Crippen LogP contribution < -0.4 is 10.2 Å². The van der Waals surface area contributed by atoms with Crippen molar-refractivity contribution in [2.24, 2.45) is 0 Å². The molecule has 1 saturated heterocycles. The molecular formula is C20H25N3O4. The van der Waals surface area contributed by atoms with E-state index >= 15 is 0 Å². The van der Waals surface area contributed by atoms with Crippen LogP contribution in [0.2, 0.25) is 0 Å². The maximum absolute atomic E-state index is 11.1. The van der Waals surface area contributed by atoms with Gasteiger partial charge in [-0.05, 0) is 35.9 Å². The fourth-order valence-corrected chi connectivity index (χ4v) is 2.99. The number of amides is 1. The van der Waals surface area contributed by atoms with Crippen molar-refractivity contribution in [1.29, 1.82) is 0 Å². The predicted octanol–water partition coefficient (Wildman–Crippen LogP) is 1.92. The van der Waals surface area contributed by atoms with Crippen LogP contribution in [0.1, 0.15) is 11.3 Å². The third-order valence-electron chi connectivity index (χ3n) is 4.39. The molecule has 0 bridgehead atoms. The van der Waals surface area contributed by atoms with E-state index in [1.54, 1.807) is 11.6 Å². The van der Waals surface area contributed by atoms with Crippen molar-refractivity contribution in [3.8, 4) is 5.75 Å². The fraction of sp³-hybridized carbons (Fsp3) is 0.350. The molecule has 0 unspecified atom stereocenters. The predicted molar refractivity (Wildman–Crippen MR) is 101 cm³/mol. The van der Waals surface area contributed by atoms with Crippen molar-refractivity contribution in [3.05, 3.63) is 59.9 Å². The molecule has 1 amide bonds. The third kappa shape index (κ3) is 5.96. The van der Waals surface area contributed by atoms with Crippen molar-refractivity contribution >= 4 is 12.0 Å². The molecule has 0 saturated carbocycles. The van der Waals surface area contributed by atoms with E-state index in [9.17, 15) is 4.79 Å². The molecule has 144 valence electrons. The Kier molecular flexibility index (Phi) is 7.04. The zero-order valence-corrected chi connectivity index (χ0v) is 15.2. The number of hydroxylamine groups is 1. The molecule has 3 rings (SSSR count). The van der Waals surface area contributed by atoms with Gasteiger partial charge in [0.1, 0.15) is 12.4 Å². The average molecular weight is 371 g/mol. The number of nitrogens with one attached hydrogen (secondary N) is 1. The molecule has 0 atom stereocenters. The molecule has 27 heavy (non-hydrogen) atoms. The molecule has 2 aromatic rings. The third-order valence-corrected chi connectivity index (χ3v) is 4.39. The summed E-state index contributed by atoms with van der Waals surface area (Å²) >= 11 is 0. The number of aromatic nitrogens is 1. The van der Waals surface area contributed by atoms with Gasteiger partial charge in [0, 0.05) is 37.6 Å². The van der Waals surface area contributed by atoms with E-state index in [4.69, 9.17) is 14.7 Å². The first-order valence-corrected chi connectivity index (χ1v) is 9.04. The maximum Gasteiger partial charge on any atom is 0.267 e. The Morgan fingerprint density at radius 2 is 2.11 bits per heavy atom. The second-order valence-electron chi connectivity index (χ2n) is 6.32. The number of nitrogens with zero attached hydrogens (tertiary/aromatic N) is 2. The molecule has 0 aliphatic carbocycles. The van der Waals surface area contributed by atoms with Crippen LogP contribution >= 0.6 is 0 Å². The Morgan fingerprint density at radius 1 is 1.26 bits per heavy atom. The lowest BCUT2D eigenvalue weighted by Crippen LogP contribution is -2.35. The number of benzene rings is 1. The molecule has 1 aliphatic heterocycles. The molecule has 1 fully saturated rings. The van der Waals surface area contributed by atoms with Crippen LogP contribution in [0.5, 0.6) is 5.75 Å². The maximum atomic E-state index is 11.1. The summed E-state index contributed by atoms with van der Waals surface area (Å²) in [6.07, 6.45) is 4.85. The van der Waals surface area contributed by atoms with Crippen LogP contribution in [0.25, 0.3) is 6.08 Å². The molecule has 0 radical (unpaired) electrons. The monoisotopic (exact) mass is 371 g/mol. The van der Waals surface area contributed by atoms with E-state index in [-0.39, 0.29) is 0 Å². The highest BCUT2D eigenvalue weighted by atomic mass is 16.5. The summed E-state index contributed by atoms with van der Waals surface area (Å²) in [5.41, 5.74) is 3.67. The molecule has 1 aromatic carbocycles. The van der Waals surface area contributed by atoms with Gasteiger partial charge < -0.3 is 14.0 Å². The Hall–Kier alpha value is -2.61. The number of ether oxygens (including phenoxy) is 2. The van der Waals surface area contributed by atoms with Gasteiger partial charge in [-0.2, -0.15) is 0 Å². The minimum atomic E-state index is -0.559. The molecule has 7 nitrogen and oxygen atoms in total. The second kappa shape index (κ2) is 9.91. The van der Waals surface area contributed by atoms with Gasteiger partial charge in [0.15, 0.2) is 0 Å². The van der Waals surface area contributed by atoms with Gasteiger partial charge >= 0.3 is 0 Å². The van der Waals surface area contributed by atoms with E-state index in [2.05, 4.69) is 17.0 Å². The Bertz CT molecular complexity index is 766. The lowest BCUT2D eigenvalue weighted by Gasteiger charge is -2.26. The summed E-state index contributed by atoms with van der Waals surface area (Å²) in [6, 6.07) is 12.0. The van der Waals surface area contributed by atoms with Crippen molar-refractivity contribution in [1.82, 2.24) is 14.9 Å². The molecule has 1 aromatic heterocycles. The molecular weight excluding hydrogens is 346 g/mol. The lowest BCUT2D eigenvalue weighted by atomic mass is 10.2. The van der Waals surface area contributed by atoms with Crippen LogP contribution in [0.4, 0.5) is 0 Å². The highest BCUT2D eigenvalue weighted by molar-refractivity contribution is 5.90. The standard InChI is InChI=1S/C20H25N3O4/c24-20(21-25)7-6-18-4-2-8-23(18)11-14-27-19-5-1-3-17(15-19)16-22-9-12-26-13-10-22/h1-8,15,25H,9-14,16H2,(H,21,24). The molecule has 0 spiro atoms. The highest BCUT2D eigenvalue weighted by Gasteiger charge is 2.11. The van der Waals surface area contributed by atoms with Gasteiger partial charge in [0.05, 0.1) is 19.8 Å². The first-order chi connectivity index (χ1) is 13.2. The van der Waals surface area contributed by atoms with Gasteiger partial charge in [-0.3, -0.25) is 14.9 Å². The SMILES string of the molecule is O=C(C=Cc1cccn1CCOc1cccc(CN2CCOCC2)c1)NO. The van der Waals surface area contributed by atoms with E-state index in [1.165, 1.54) is 11.6 Å². The molecule has 2 N–H and O–H groups in total. The van der Waals surface area contributed by atoms with Crippen LogP contribution in [-0.4, -0.2) is 53.5 Å².